The summed E-state index contributed by atoms with van der Waals surface area (Å²) in [6.45, 7) is 6.91. The summed E-state index contributed by atoms with van der Waals surface area (Å²) in [5.41, 5.74) is 0.652. The number of ether oxygens (including phenoxy) is 1. The molecule has 0 aliphatic heterocycles. The van der Waals surface area contributed by atoms with Gasteiger partial charge in [-0.25, -0.2) is 0 Å². The molecule has 18 heavy (non-hydrogen) atoms. The highest BCUT2D eigenvalue weighted by Gasteiger charge is 2.40. The van der Waals surface area contributed by atoms with Crippen molar-refractivity contribution in [2.24, 2.45) is 5.41 Å². The van der Waals surface area contributed by atoms with E-state index in [4.69, 9.17) is 4.74 Å². The summed E-state index contributed by atoms with van der Waals surface area (Å²) in [6.07, 6.45) is 9.33. The third kappa shape index (κ3) is 6.39. The Labute approximate surface area is 112 Å². The molecule has 0 radical (unpaired) electrons. The number of hydrogen-bond acceptors (Lipinski definition) is 3. The lowest BCUT2D eigenvalue weighted by Gasteiger charge is -2.14. The largest absolute Gasteiger partial charge is 0.466 e. The van der Waals surface area contributed by atoms with Gasteiger partial charge in [-0.3, -0.25) is 4.79 Å². The van der Waals surface area contributed by atoms with Crippen LogP contribution in [0.4, 0.5) is 0 Å². The van der Waals surface area contributed by atoms with Gasteiger partial charge >= 0.3 is 5.97 Å². The van der Waals surface area contributed by atoms with E-state index in [0.717, 1.165) is 19.4 Å². The van der Waals surface area contributed by atoms with Crippen molar-refractivity contribution in [1.29, 1.82) is 0 Å². The van der Waals surface area contributed by atoms with Gasteiger partial charge in [-0.2, -0.15) is 0 Å². The van der Waals surface area contributed by atoms with Crippen LogP contribution in [-0.2, 0) is 9.53 Å². The molecule has 0 atom stereocenters. The normalized spacial score (nSPS) is 16.6. The molecule has 1 fully saturated rings. The molecule has 0 amide bonds. The summed E-state index contributed by atoms with van der Waals surface area (Å²) in [6, 6.07) is 0. The van der Waals surface area contributed by atoms with Gasteiger partial charge in [0.2, 0.25) is 0 Å². The highest BCUT2D eigenvalue weighted by Crippen LogP contribution is 2.48. The Kier molecular flexibility index (Phi) is 7.33. The minimum Gasteiger partial charge on any atom is -0.466 e. The molecule has 0 unspecified atom stereocenters. The summed E-state index contributed by atoms with van der Waals surface area (Å²) in [5.74, 6) is -0.0506. The zero-order chi connectivity index (χ0) is 13.3. The lowest BCUT2D eigenvalue weighted by molar-refractivity contribution is -0.143. The van der Waals surface area contributed by atoms with Gasteiger partial charge in [0.1, 0.15) is 0 Å². The lowest BCUT2D eigenvalue weighted by Crippen LogP contribution is -2.24. The molecular formula is C15H29NO2. The monoisotopic (exact) mass is 255 g/mol. The molecular weight excluding hydrogens is 226 g/mol. The number of carbonyl (C=O) groups excluding carboxylic acids is 1. The van der Waals surface area contributed by atoms with E-state index in [1.807, 2.05) is 6.92 Å². The summed E-state index contributed by atoms with van der Waals surface area (Å²) >= 11 is 0. The second kappa shape index (κ2) is 8.52. The Morgan fingerprint density at radius 3 is 2.61 bits per heavy atom. The molecule has 1 aliphatic carbocycles. The van der Waals surface area contributed by atoms with Gasteiger partial charge in [0.15, 0.2) is 0 Å². The third-order valence-electron chi connectivity index (χ3n) is 3.78. The molecule has 1 rings (SSSR count). The van der Waals surface area contributed by atoms with Crippen LogP contribution in [0, 0.1) is 5.41 Å². The fourth-order valence-electron chi connectivity index (χ4n) is 2.51. The van der Waals surface area contributed by atoms with Gasteiger partial charge in [-0.15, -0.1) is 0 Å². The third-order valence-corrected chi connectivity index (χ3v) is 3.78. The van der Waals surface area contributed by atoms with Crippen LogP contribution in [0.25, 0.3) is 0 Å². The van der Waals surface area contributed by atoms with Crippen molar-refractivity contribution in [3.8, 4) is 0 Å². The predicted molar refractivity (Wildman–Crippen MR) is 74.5 cm³/mol. The molecule has 0 heterocycles. The van der Waals surface area contributed by atoms with Gasteiger partial charge in [0.05, 0.1) is 6.61 Å². The molecule has 1 saturated carbocycles. The Hall–Kier alpha value is -0.570. The van der Waals surface area contributed by atoms with Crippen molar-refractivity contribution < 1.29 is 9.53 Å². The van der Waals surface area contributed by atoms with Crippen molar-refractivity contribution in [1.82, 2.24) is 5.32 Å². The maximum absolute atomic E-state index is 11.1. The van der Waals surface area contributed by atoms with E-state index < -0.39 is 0 Å². The first kappa shape index (κ1) is 15.5. The van der Waals surface area contributed by atoms with Crippen LogP contribution in [0.3, 0.4) is 0 Å². The van der Waals surface area contributed by atoms with Gasteiger partial charge in [-0.05, 0) is 51.0 Å². The zero-order valence-corrected chi connectivity index (χ0v) is 12.1. The Morgan fingerprint density at radius 1 is 1.22 bits per heavy atom. The molecule has 0 saturated heterocycles. The van der Waals surface area contributed by atoms with Crippen molar-refractivity contribution in [2.75, 3.05) is 19.7 Å². The van der Waals surface area contributed by atoms with Gasteiger partial charge in [0, 0.05) is 13.0 Å². The summed E-state index contributed by atoms with van der Waals surface area (Å²) < 4.78 is 4.89. The summed E-state index contributed by atoms with van der Waals surface area (Å²) in [5, 5.41) is 3.57. The molecule has 0 bridgehead atoms. The highest BCUT2D eigenvalue weighted by molar-refractivity contribution is 5.69. The zero-order valence-electron chi connectivity index (χ0n) is 12.1. The molecule has 0 aromatic carbocycles. The van der Waals surface area contributed by atoms with Crippen LogP contribution < -0.4 is 5.32 Å². The van der Waals surface area contributed by atoms with E-state index in [-0.39, 0.29) is 5.97 Å². The van der Waals surface area contributed by atoms with Gasteiger partial charge in [0.25, 0.3) is 0 Å². The minimum absolute atomic E-state index is 0.0506. The molecule has 0 aromatic heterocycles. The van der Waals surface area contributed by atoms with E-state index in [2.05, 4.69) is 12.2 Å². The Morgan fingerprint density at radius 2 is 2.00 bits per heavy atom. The van der Waals surface area contributed by atoms with E-state index in [1.54, 1.807) is 0 Å². The standard InChI is InChI=1S/C15H29NO2/c1-3-9-15(10-11-15)13-16-12-7-5-6-8-14(17)18-4-2/h16H,3-13H2,1-2H3. The molecule has 1 N–H and O–H groups in total. The first-order chi connectivity index (χ1) is 8.72. The highest BCUT2D eigenvalue weighted by atomic mass is 16.5. The number of carbonyl (C=O) groups is 1. The number of nitrogens with one attached hydrogen (secondary N) is 1. The maximum atomic E-state index is 11.1. The van der Waals surface area contributed by atoms with Crippen LogP contribution in [0.2, 0.25) is 0 Å². The number of rotatable bonds is 11. The fraction of sp³-hybridized carbons (Fsp3) is 0.933. The van der Waals surface area contributed by atoms with Crippen molar-refractivity contribution >= 4 is 5.97 Å². The molecule has 106 valence electrons. The molecule has 0 aromatic rings. The molecule has 1 aliphatic rings. The summed E-state index contributed by atoms with van der Waals surface area (Å²) in [4.78, 5) is 11.1. The van der Waals surface area contributed by atoms with E-state index in [1.165, 1.54) is 38.6 Å². The molecule has 0 spiro atoms. The predicted octanol–water partition coefficient (Wildman–Crippen LogP) is 3.28. The number of esters is 1. The first-order valence-electron chi connectivity index (χ1n) is 7.59. The number of unbranched alkanes of at least 4 members (excludes halogenated alkanes) is 2. The van der Waals surface area contributed by atoms with Crippen LogP contribution in [-0.4, -0.2) is 25.7 Å². The SMILES string of the molecule is CCCC1(CNCCCCCC(=O)OCC)CC1. The van der Waals surface area contributed by atoms with Crippen molar-refractivity contribution in [3.05, 3.63) is 0 Å². The van der Waals surface area contributed by atoms with E-state index in [9.17, 15) is 4.79 Å². The van der Waals surface area contributed by atoms with Crippen molar-refractivity contribution in [3.63, 3.8) is 0 Å². The second-order valence-electron chi connectivity index (χ2n) is 5.54. The van der Waals surface area contributed by atoms with Crippen molar-refractivity contribution in [2.45, 2.75) is 65.2 Å². The summed E-state index contributed by atoms with van der Waals surface area (Å²) in [7, 11) is 0. The Bertz CT molecular complexity index is 237. The lowest BCUT2D eigenvalue weighted by atomic mass is 10.0. The van der Waals surface area contributed by atoms with Gasteiger partial charge < -0.3 is 10.1 Å². The topological polar surface area (TPSA) is 38.3 Å². The molecule has 3 heteroatoms. The fourth-order valence-corrected chi connectivity index (χ4v) is 2.51. The van der Waals surface area contributed by atoms with Gasteiger partial charge in [-0.1, -0.05) is 19.8 Å². The van der Waals surface area contributed by atoms with E-state index >= 15 is 0 Å². The van der Waals surface area contributed by atoms with Crippen LogP contribution in [0.1, 0.15) is 65.2 Å². The average Bonchev–Trinajstić information content (AvgIpc) is 3.09. The average molecular weight is 255 g/mol. The second-order valence-corrected chi connectivity index (χ2v) is 5.54. The maximum Gasteiger partial charge on any atom is 0.305 e. The first-order valence-corrected chi connectivity index (χ1v) is 7.59. The Balaban J connectivity index is 1.86. The van der Waals surface area contributed by atoms with Crippen LogP contribution in [0.15, 0.2) is 0 Å². The van der Waals surface area contributed by atoms with Crippen LogP contribution >= 0.6 is 0 Å². The van der Waals surface area contributed by atoms with Crippen LogP contribution in [0.5, 0.6) is 0 Å². The minimum atomic E-state index is -0.0506. The van der Waals surface area contributed by atoms with E-state index in [0.29, 0.717) is 18.4 Å². The smallest absolute Gasteiger partial charge is 0.305 e. The number of hydrogen-bond donors (Lipinski definition) is 1. The molecule has 3 nitrogen and oxygen atoms in total. The quantitative estimate of drug-likeness (QED) is 0.455.